The van der Waals surface area contributed by atoms with Crippen LogP contribution in [0, 0.1) is 5.92 Å². The van der Waals surface area contributed by atoms with Crippen molar-refractivity contribution in [3.8, 4) is 0 Å². The standard InChI is InChI=1S/C14H25NO2/c1-14(13(16)17-2,10-11-6-5-7-11)15-12-8-3-4-9-12/h11-12,15H,3-10H2,1-2H3. The van der Waals surface area contributed by atoms with E-state index in [1.807, 2.05) is 6.92 Å². The molecule has 0 spiro atoms. The summed E-state index contributed by atoms with van der Waals surface area (Å²) < 4.78 is 4.99. The molecule has 0 aromatic heterocycles. The van der Waals surface area contributed by atoms with Gasteiger partial charge in [-0.2, -0.15) is 0 Å². The second-order valence-electron chi connectivity index (χ2n) is 5.95. The quantitative estimate of drug-likeness (QED) is 0.750. The van der Waals surface area contributed by atoms with Crippen molar-refractivity contribution in [1.29, 1.82) is 0 Å². The smallest absolute Gasteiger partial charge is 0.325 e. The number of carbonyl (C=O) groups is 1. The number of ether oxygens (including phenoxy) is 1. The van der Waals surface area contributed by atoms with Gasteiger partial charge in [-0.1, -0.05) is 32.1 Å². The van der Waals surface area contributed by atoms with Crippen molar-refractivity contribution >= 4 is 5.97 Å². The van der Waals surface area contributed by atoms with E-state index in [2.05, 4.69) is 5.32 Å². The number of hydrogen-bond acceptors (Lipinski definition) is 3. The van der Waals surface area contributed by atoms with Crippen molar-refractivity contribution in [2.75, 3.05) is 7.11 Å². The van der Waals surface area contributed by atoms with Gasteiger partial charge in [0.2, 0.25) is 0 Å². The maximum Gasteiger partial charge on any atom is 0.325 e. The van der Waals surface area contributed by atoms with Crippen LogP contribution >= 0.6 is 0 Å². The van der Waals surface area contributed by atoms with Crippen LogP contribution in [0.2, 0.25) is 0 Å². The first-order valence-corrected chi connectivity index (χ1v) is 7.00. The topological polar surface area (TPSA) is 38.3 Å². The molecule has 0 saturated heterocycles. The highest BCUT2D eigenvalue weighted by Crippen LogP contribution is 2.35. The summed E-state index contributed by atoms with van der Waals surface area (Å²) in [6, 6.07) is 0.513. The summed E-state index contributed by atoms with van der Waals surface area (Å²) in [5.74, 6) is 0.629. The Morgan fingerprint density at radius 2 is 1.88 bits per heavy atom. The Bertz CT molecular complexity index is 269. The lowest BCUT2D eigenvalue weighted by Gasteiger charge is -2.37. The third kappa shape index (κ3) is 3.01. The number of carbonyl (C=O) groups excluding carboxylic acids is 1. The van der Waals surface area contributed by atoms with Crippen LogP contribution in [0.4, 0.5) is 0 Å². The first-order valence-electron chi connectivity index (χ1n) is 7.00. The molecule has 17 heavy (non-hydrogen) atoms. The SMILES string of the molecule is COC(=O)C(C)(CC1CCC1)NC1CCCC1. The highest BCUT2D eigenvalue weighted by Gasteiger charge is 2.40. The third-order valence-corrected chi connectivity index (χ3v) is 4.44. The fourth-order valence-corrected chi connectivity index (χ4v) is 3.22. The largest absolute Gasteiger partial charge is 0.468 e. The van der Waals surface area contributed by atoms with E-state index in [0.29, 0.717) is 12.0 Å². The molecule has 2 aliphatic carbocycles. The van der Waals surface area contributed by atoms with E-state index in [9.17, 15) is 4.79 Å². The number of methoxy groups -OCH3 is 1. The van der Waals surface area contributed by atoms with E-state index in [0.717, 1.165) is 6.42 Å². The van der Waals surface area contributed by atoms with E-state index in [1.165, 1.54) is 52.1 Å². The van der Waals surface area contributed by atoms with Gasteiger partial charge in [-0.25, -0.2) is 0 Å². The average Bonchev–Trinajstić information content (AvgIpc) is 2.75. The third-order valence-electron chi connectivity index (χ3n) is 4.44. The van der Waals surface area contributed by atoms with Crippen LogP contribution in [0.25, 0.3) is 0 Å². The lowest BCUT2D eigenvalue weighted by molar-refractivity contribution is -0.149. The molecule has 0 heterocycles. The molecular weight excluding hydrogens is 214 g/mol. The second-order valence-corrected chi connectivity index (χ2v) is 5.95. The zero-order chi connectivity index (χ0) is 12.3. The average molecular weight is 239 g/mol. The highest BCUT2D eigenvalue weighted by atomic mass is 16.5. The van der Waals surface area contributed by atoms with Crippen LogP contribution in [0.5, 0.6) is 0 Å². The van der Waals surface area contributed by atoms with Crippen molar-refractivity contribution < 1.29 is 9.53 Å². The molecule has 0 aromatic carbocycles. The van der Waals surface area contributed by atoms with Crippen LogP contribution in [-0.2, 0) is 9.53 Å². The predicted molar refractivity (Wildman–Crippen MR) is 67.8 cm³/mol. The van der Waals surface area contributed by atoms with Crippen LogP contribution in [-0.4, -0.2) is 24.7 Å². The van der Waals surface area contributed by atoms with E-state index < -0.39 is 5.54 Å². The summed E-state index contributed by atoms with van der Waals surface area (Å²) in [6.45, 7) is 2.02. The summed E-state index contributed by atoms with van der Waals surface area (Å²) in [4.78, 5) is 12.0. The molecule has 0 radical (unpaired) electrons. The Kier molecular flexibility index (Phi) is 4.08. The summed E-state index contributed by atoms with van der Waals surface area (Å²) in [7, 11) is 1.50. The minimum Gasteiger partial charge on any atom is -0.468 e. The molecule has 0 amide bonds. The number of rotatable bonds is 5. The molecular formula is C14H25NO2. The minimum absolute atomic E-state index is 0.0868. The maximum atomic E-state index is 12.0. The second kappa shape index (κ2) is 5.38. The van der Waals surface area contributed by atoms with Gasteiger partial charge in [0.05, 0.1) is 7.11 Å². The summed E-state index contributed by atoms with van der Waals surface area (Å²) in [5.41, 5.74) is -0.463. The molecule has 1 unspecified atom stereocenters. The van der Waals surface area contributed by atoms with Crippen LogP contribution in [0.1, 0.15) is 58.3 Å². The van der Waals surface area contributed by atoms with Crippen LogP contribution in [0.3, 0.4) is 0 Å². The Hall–Kier alpha value is -0.570. The van der Waals surface area contributed by atoms with Gasteiger partial charge in [-0.15, -0.1) is 0 Å². The highest BCUT2D eigenvalue weighted by molar-refractivity contribution is 5.80. The van der Waals surface area contributed by atoms with Gasteiger partial charge in [0, 0.05) is 6.04 Å². The predicted octanol–water partition coefficient (Wildman–Crippen LogP) is 2.64. The van der Waals surface area contributed by atoms with E-state index in [4.69, 9.17) is 4.74 Å². The molecule has 2 rings (SSSR count). The first-order chi connectivity index (χ1) is 8.14. The number of hydrogen-bond donors (Lipinski definition) is 1. The van der Waals surface area contributed by atoms with E-state index in [-0.39, 0.29) is 5.97 Å². The van der Waals surface area contributed by atoms with Crippen molar-refractivity contribution in [2.24, 2.45) is 5.92 Å². The molecule has 1 N–H and O–H groups in total. The molecule has 1 atom stereocenters. The Labute approximate surface area is 104 Å². The molecule has 0 bridgehead atoms. The number of nitrogens with one attached hydrogen (secondary N) is 1. The molecule has 3 heteroatoms. The van der Waals surface area contributed by atoms with Gasteiger partial charge >= 0.3 is 5.97 Å². The van der Waals surface area contributed by atoms with Crippen molar-refractivity contribution in [3.63, 3.8) is 0 Å². The lowest BCUT2D eigenvalue weighted by atomic mass is 9.76. The normalized spacial score (nSPS) is 25.3. The van der Waals surface area contributed by atoms with Gasteiger partial charge in [-0.3, -0.25) is 10.1 Å². The zero-order valence-electron chi connectivity index (χ0n) is 11.1. The van der Waals surface area contributed by atoms with Gasteiger partial charge in [0.15, 0.2) is 0 Å². The Balaban J connectivity index is 1.96. The monoisotopic (exact) mass is 239 g/mol. The maximum absolute atomic E-state index is 12.0. The fourth-order valence-electron chi connectivity index (χ4n) is 3.22. The zero-order valence-corrected chi connectivity index (χ0v) is 11.1. The van der Waals surface area contributed by atoms with Crippen molar-refractivity contribution in [2.45, 2.75) is 69.9 Å². The fraction of sp³-hybridized carbons (Fsp3) is 0.929. The molecule has 2 fully saturated rings. The van der Waals surface area contributed by atoms with Crippen LogP contribution in [0.15, 0.2) is 0 Å². The molecule has 98 valence electrons. The van der Waals surface area contributed by atoms with Crippen LogP contribution < -0.4 is 5.32 Å². The lowest BCUT2D eigenvalue weighted by Crippen LogP contribution is -2.55. The summed E-state index contributed by atoms with van der Waals surface area (Å²) >= 11 is 0. The summed E-state index contributed by atoms with van der Waals surface area (Å²) in [5, 5.41) is 3.57. The molecule has 2 saturated carbocycles. The molecule has 0 aliphatic heterocycles. The first kappa shape index (κ1) is 12.9. The van der Waals surface area contributed by atoms with Gasteiger partial charge in [-0.05, 0) is 32.1 Å². The van der Waals surface area contributed by atoms with E-state index in [1.54, 1.807) is 0 Å². The summed E-state index contributed by atoms with van der Waals surface area (Å²) in [6.07, 6.45) is 9.81. The Morgan fingerprint density at radius 3 is 2.35 bits per heavy atom. The minimum atomic E-state index is -0.463. The van der Waals surface area contributed by atoms with Gasteiger partial charge in [0.25, 0.3) is 0 Å². The van der Waals surface area contributed by atoms with E-state index >= 15 is 0 Å². The van der Waals surface area contributed by atoms with Crippen molar-refractivity contribution in [1.82, 2.24) is 5.32 Å². The number of esters is 1. The molecule has 0 aromatic rings. The molecule has 2 aliphatic rings. The van der Waals surface area contributed by atoms with Gasteiger partial charge < -0.3 is 4.74 Å². The molecule has 3 nitrogen and oxygen atoms in total. The Morgan fingerprint density at radius 1 is 1.24 bits per heavy atom. The van der Waals surface area contributed by atoms with Gasteiger partial charge in [0.1, 0.15) is 5.54 Å². The van der Waals surface area contributed by atoms with Crippen molar-refractivity contribution in [3.05, 3.63) is 0 Å².